The van der Waals surface area contributed by atoms with Gasteiger partial charge in [0.15, 0.2) is 11.0 Å². The number of methoxy groups -OCH3 is 1. The van der Waals surface area contributed by atoms with Crippen LogP contribution in [0.3, 0.4) is 0 Å². The predicted molar refractivity (Wildman–Crippen MR) is 62.6 cm³/mol. The quantitative estimate of drug-likeness (QED) is 0.635. The number of hydrazine groups is 1. The molecule has 0 aliphatic rings. The first-order valence-corrected chi connectivity index (χ1v) is 5.31. The zero-order chi connectivity index (χ0) is 12.4. The fourth-order valence-electron chi connectivity index (χ4n) is 1.74. The minimum atomic E-state index is -0.344. The molecule has 0 aliphatic heterocycles. The lowest BCUT2D eigenvalue weighted by atomic mass is 10.1. The van der Waals surface area contributed by atoms with Crippen molar-refractivity contribution in [1.29, 1.82) is 0 Å². The van der Waals surface area contributed by atoms with Crippen molar-refractivity contribution < 1.29 is 9.15 Å². The van der Waals surface area contributed by atoms with E-state index in [1.165, 1.54) is 6.26 Å². The Labute approximate surface area is 103 Å². The zero-order valence-electron chi connectivity index (χ0n) is 9.48. The number of nitrogens with zero attached hydrogens (tertiary/aromatic N) is 2. The predicted octanol–water partition coefficient (Wildman–Crippen LogP) is 1.23. The molecule has 6 nitrogen and oxygen atoms in total. The molecule has 92 valence electrons. The molecule has 2 rings (SSSR count). The molecule has 0 aromatic carbocycles. The summed E-state index contributed by atoms with van der Waals surface area (Å²) in [6.45, 7) is 0. The second kappa shape index (κ2) is 4.79. The molecular formula is C10H13ClN4O2. The first kappa shape index (κ1) is 12.0. The van der Waals surface area contributed by atoms with Crippen LogP contribution in [0.1, 0.15) is 17.3 Å². The molecule has 0 spiro atoms. The molecule has 2 heterocycles. The van der Waals surface area contributed by atoms with Gasteiger partial charge in [0.2, 0.25) is 0 Å². The maximum absolute atomic E-state index is 5.95. The van der Waals surface area contributed by atoms with Gasteiger partial charge in [0.05, 0.1) is 25.6 Å². The van der Waals surface area contributed by atoms with Crippen LogP contribution in [0.5, 0.6) is 5.75 Å². The Morgan fingerprint density at radius 3 is 2.94 bits per heavy atom. The smallest absolute Gasteiger partial charge is 0.198 e. The van der Waals surface area contributed by atoms with Crippen LogP contribution < -0.4 is 16.0 Å². The Hall–Kier alpha value is -1.50. The van der Waals surface area contributed by atoms with Gasteiger partial charge in [-0.05, 0) is 17.7 Å². The van der Waals surface area contributed by atoms with Gasteiger partial charge in [-0.1, -0.05) is 0 Å². The summed E-state index contributed by atoms with van der Waals surface area (Å²) in [6.07, 6.45) is 3.12. The highest BCUT2D eigenvalue weighted by atomic mass is 35.5. The van der Waals surface area contributed by atoms with Crippen LogP contribution in [0.15, 0.2) is 22.9 Å². The van der Waals surface area contributed by atoms with Gasteiger partial charge in [-0.2, -0.15) is 5.10 Å². The number of aryl methyl sites for hydroxylation is 1. The third kappa shape index (κ3) is 2.02. The summed E-state index contributed by atoms with van der Waals surface area (Å²) in [5.74, 6) is 6.20. The van der Waals surface area contributed by atoms with Gasteiger partial charge in [-0.15, -0.1) is 0 Å². The summed E-state index contributed by atoms with van der Waals surface area (Å²) in [5.41, 5.74) is 4.19. The fraction of sp³-hybridized carbons (Fsp3) is 0.300. The second-order valence-electron chi connectivity index (χ2n) is 3.47. The van der Waals surface area contributed by atoms with Crippen LogP contribution in [0.2, 0.25) is 5.22 Å². The van der Waals surface area contributed by atoms with Crippen molar-refractivity contribution in [2.75, 3.05) is 7.11 Å². The first-order valence-electron chi connectivity index (χ1n) is 4.94. The van der Waals surface area contributed by atoms with E-state index >= 15 is 0 Å². The van der Waals surface area contributed by atoms with Gasteiger partial charge in [0, 0.05) is 12.6 Å². The van der Waals surface area contributed by atoms with Crippen LogP contribution in [0.25, 0.3) is 0 Å². The minimum absolute atomic E-state index is 0.288. The molecule has 0 aliphatic carbocycles. The summed E-state index contributed by atoms with van der Waals surface area (Å²) >= 11 is 5.95. The SMILES string of the molecule is COc1cnn(C)c1C(NN)c1ccoc1Cl. The molecule has 0 saturated carbocycles. The van der Waals surface area contributed by atoms with E-state index in [-0.39, 0.29) is 11.3 Å². The highest BCUT2D eigenvalue weighted by Crippen LogP contribution is 2.33. The van der Waals surface area contributed by atoms with Crippen molar-refractivity contribution in [2.45, 2.75) is 6.04 Å². The van der Waals surface area contributed by atoms with Crippen molar-refractivity contribution in [3.8, 4) is 5.75 Å². The molecule has 0 radical (unpaired) electrons. The monoisotopic (exact) mass is 256 g/mol. The second-order valence-corrected chi connectivity index (χ2v) is 3.81. The van der Waals surface area contributed by atoms with E-state index in [9.17, 15) is 0 Å². The number of hydrogen-bond acceptors (Lipinski definition) is 5. The number of aromatic nitrogens is 2. The van der Waals surface area contributed by atoms with Crippen LogP contribution >= 0.6 is 11.6 Å². The summed E-state index contributed by atoms with van der Waals surface area (Å²) in [5, 5.41) is 4.41. The van der Waals surface area contributed by atoms with E-state index in [4.69, 9.17) is 26.6 Å². The van der Waals surface area contributed by atoms with E-state index in [1.54, 1.807) is 31.1 Å². The molecule has 1 atom stereocenters. The molecule has 0 saturated heterocycles. The third-order valence-electron chi connectivity index (χ3n) is 2.57. The average molecular weight is 257 g/mol. The van der Waals surface area contributed by atoms with Gasteiger partial charge in [0.25, 0.3) is 0 Å². The summed E-state index contributed by atoms with van der Waals surface area (Å²) in [6, 6.07) is 1.41. The summed E-state index contributed by atoms with van der Waals surface area (Å²) in [7, 11) is 3.38. The Morgan fingerprint density at radius 1 is 1.65 bits per heavy atom. The van der Waals surface area contributed by atoms with Crippen LogP contribution in [-0.4, -0.2) is 16.9 Å². The Bertz CT molecular complexity index is 508. The topological polar surface area (TPSA) is 78.2 Å². The van der Waals surface area contributed by atoms with Crippen molar-refractivity contribution in [2.24, 2.45) is 12.9 Å². The number of nitrogens with one attached hydrogen (secondary N) is 1. The normalized spacial score (nSPS) is 12.7. The van der Waals surface area contributed by atoms with E-state index in [2.05, 4.69) is 10.5 Å². The zero-order valence-corrected chi connectivity index (χ0v) is 10.2. The van der Waals surface area contributed by atoms with Crippen molar-refractivity contribution in [3.05, 3.63) is 35.0 Å². The maximum atomic E-state index is 5.95. The van der Waals surface area contributed by atoms with E-state index in [0.717, 1.165) is 11.3 Å². The highest BCUT2D eigenvalue weighted by molar-refractivity contribution is 6.29. The van der Waals surface area contributed by atoms with Crippen LogP contribution in [0, 0.1) is 0 Å². The van der Waals surface area contributed by atoms with Gasteiger partial charge < -0.3 is 9.15 Å². The first-order chi connectivity index (χ1) is 8.19. The van der Waals surface area contributed by atoms with Gasteiger partial charge >= 0.3 is 0 Å². The number of ether oxygens (including phenoxy) is 1. The number of nitrogens with two attached hydrogens (primary N) is 1. The molecule has 7 heteroatoms. The molecule has 3 N–H and O–H groups in total. The summed E-state index contributed by atoms with van der Waals surface area (Å²) < 4.78 is 12.0. The molecule has 17 heavy (non-hydrogen) atoms. The van der Waals surface area contributed by atoms with Crippen LogP contribution in [0.4, 0.5) is 0 Å². The molecule has 1 unspecified atom stereocenters. The highest BCUT2D eigenvalue weighted by Gasteiger charge is 2.24. The Kier molecular flexibility index (Phi) is 3.37. The molecule has 0 amide bonds. The lowest BCUT2D eigenvalue weighted by molar-refractivity contribution is 0.401. The molecule has 2 aromatic rings. The average Bonchev–Trinajstić information content (AvgIpc) is 2.89. The Morgan fingerprint density at radius 2 is 2.41 bits per heavy atom. The fourth-order valence-corrected chi connectivity index (χ4v) is 1.96. The molecule has 2 aromatic heterocycles. The van der Waals surface area contributed by atoms with Gasteiger partial charge in [0.1, 0.15) is 5.69 Å². The molecule has 0 fully saturated rings. The lowest BCUT2D eigenvalue weighted by Crippen LogP contribution is -2.30. The number of halogens is 1. The van der Waals surface area contributed by atoms with Crippen molar-refractivity contribution >= 4 is 11.6 Å². The standard InChI is InChI=1S/C10H13ClN4O2/c1-15-9(7(16-2)5-13-15)8(14-12)6-3-4-17-10(6)11/h3-5,8,14H,12H2,1-2H3. The van der Waals surface area contributed by atoms with Gasteiger partial charge in [-0.3, -0.25) is 10.5 Å². The number of rotatable bonds is 4. The molecular weight excluding hydrogens is 244 g/mol. The molecule has 0 bridgehead atoms. The lowest BCUT2D eigenvalue weighted by Gasteiger charge is -2.16. The summed E-state index contributed by atoms with van der Waals surface area (Å²) in [4.78, 5) is 0. The Balaban J connectivity index is 2.49. The maximum Gasteiger partial charge on any atom is 0.198 e. The largest absolute Gasteiger partial charge is 0.493 e. The minimum Gasteiger partial charge on any atom is -0.493 e. The number of furan rings is 1. The van der Waals surface area contributed by atoms with Crippen molar-refractivity contribution in [1.82, 2.24) is 15.2 Å². The van der Waals surface area contributed by atoms with Crippen LogP contribution in [-0.2, 0) is 7.05 Å². The van der Waals surface area contributed by atoms with E-state index in [1.807, 2.05) is 0 Å². The third-order valence-corrected chi connectivity index (χ3v) is 2.87. The number of hydrogen-bond donors (Lipinski definition) is 2. The van der Waals surface area contributed by atoms with E-state index in [0.29, 0.717) is 5.75 Å². The van der Waals surface area contributed by atoms with E-state index < -0.39 is 0 Å². The van der Waals surface area contributed by atoms with Gasteiger partial charge in [-0.25, -0.2) is 5.43 Å². The van der Waals surface area contributed by atoms with Crippen molar-refractivity contribution in [3.63, 3.8) is 0 Å².